The zero-order valence-corrected chi connectivity index (χ0v) is 40.5. The summed E-state index contributed by atoms with van der Waals surface area (Å²) in [6, 6.07) is -0.364. The van der Waals surface area contributed by atoms with Gasteiger partial charge in [-0.05, 0) is 68.0 Å². The molecule has 0 radical (unpaired) electrons. The van der Waals surface area contributed by atoms with Gasteiger partial charge in [0, 0.05) is 38.2 Å². The Morgan fingerprint density at radius 2 is 1.55 bits per heavy atom. The molecule has 0 aromatic carbocycles. The molecular formula is C42H70Cl3NO16. The van der Waals surface area contributed by atoms with E-state index < -0.39 is 131 Å². The van der Waals surface area contributed by atoms with Crippen LogP contribution >= 0.6 is 34.8 Å². The number of methoxy groups -OCH3 is 1. The van der Waals surface area contributed by atoms with Gasteiger partial charge in [0.25, 0.3) is 0 Å². The number of ether oxygens (including phenoxy) is 9. The Balaban J connectivity index is 2.18. The van der Waals surface area contributed by atoms with Crippen molar-refractivity contribution in [2.45, 2.75) is 190 Å². The number of esters is 2. The minimum absolute atomic E-state index is 0.0405. The fourth-order valence-corrected chi connectivity index (χ4v) is 9.17. The van der Waals surface area contributed by atoms with Crippen molar-refractivity contribution in [3.8, 4) is 0 Å². The van der Waals surface area contributed by atoms with Crippen molar-refractivity contribution in [2.75, 3.05) is 27.8 Å². The number of carbonyl (C=O) groups is 4. The van der Waals surface area contributed by atoms with Gasteiger partial charge in [0.1, 0.15) is 30.2 Å². The molecule has 3 heterocycles. The van der Waals surface area contributed by atoms with Crippen LogP contribution in [0.2, 0.25) is 0 Å². The van der Waals surface area contributed by atoms with E-state index >= 15 is 0 Å². The molecule has 3 saturated heterocycles. The number of aliphatic hydroxyl groups excluding tert-OH is 1. The van der Waals surface area contributed by atoms with Crippen LogP contribution in [0.4, 0.5) is 4.79 Å². The Kier molecular flexibility index (Phi) is 20.1. The second-order valence-electron chi connectivity index (χ2n) is 18.0. The highest BCUT2D eigenvalue weighted by molar-refractivity contribution is 6.67. The van der Waals surface area contributed by atoms with Crippen LogP contribution in [-0.4, -0.2) is 160 Å². The lowest BCUT2D eigenvalue weighted by Gasteiger charge is -2.48. The van der Waals surface area contributed by atoms with Crippen molar-refractivity contribution in [1.29, 1.82) is 0 Å². The number of rotatable bonds is 11. The first-order valence-electron chi connectivity index (χ1n) is 21.3. The van der Waals surface area contributed by atoms with Gasteiger partial charge >= 0.3 is 18.1 Å². The van der Waals surface area contributed by atoms with E-state index in [1.165, 1.54) is 34.8 Å². The number of nitrogens with zero attached hydrogens (tertiary/aromatic N) is 1. The van der Waals surface area contributed by atoms with Gasteiger partial charge in [-0.1, -0.05) is 68.9 Å². The fraction of sp³-hybridized carbons (Fsp3) is 0.905. The van der Waals surface area contributed by atoms with Gasteiger partial charge in [-0.25, -0.2) is 4.79 Å². The first-order chi connectivity index (χ1) is 28.6. The average Bonchev–Trinajstić information content (AvgIpc) is 3.16. The van der Waals surface area contributed by atoms with E-state index in [0.717, 1.165) is 0 Å². The Hall–Kier alpha value is -1.61. The molecule has 3 fully saturated rings. The SMILES string of the molecule is CCC[C@H]1OC(=O)[C@H](C)[C@@H](OC2CC(OC)C(OC(=O)OCC(Cl)(Cl)Cl)C(C)O2)[C@H](C)[C@@H](OC2OC(C)CC(N(C)C)C2OC(C)=O)[C@](C)(O)C[C@@H](C)C(=O)[C@H](C)[C@@H](O)[C@]1(C)O. The summed E-state index contributed by atoms with van der Waals surface area (Å²) >= 11 is 17.2. The Morgan fingerprint density at radius 1 is 0.919 bits per heavy atom. The molecule has 18 atom stereocenters. The highest BCUT2D eigenvalue weighted by atomic mass is 35.6. The quantitative estimate of drug-likeness (QED) is 0.143. The molecule has 20 heteroatoms. The number of Topliss-reactive ketones (excluding diaryl/α,β-unsaturated/α-hetero) is 1. The van der Waals surface area contributed by atoms with Crippen LogP contribution in [-0.2, 0) is 57.0 Å². The summed E-state index contributed by atoms with van der Waals surface area (Å²) in [5.41, 5.74) is -3.96. The van der Waals surface area contributed by atoms with Crippen LogP contribution in [0.25, 0.3) is 0 Å². The number of cyclic esters (lactones) is 1. The zero-order valence-electron chi connectivity index (χ0n) is 38.2. The summed E-state index contributed by atoms with van der Waals surface area (Å²) in [7, 11) is 5.07. The molecule has 0 spiro atoms. The van der Waals surface area contributed by atoms with Gasteiger partial charge in [0.15, 0.2) is 24.8 Å². The van der Waals surface area contributed by atoms with Crippen LogP contribution in [0.3, 0.4) is 0 Å². The Labute approximate surface area is 380 Å². The monoisotopic (exact) mass is 949 g/mol. The number of alkyl halides is 3. The molecule has 0 amide bonds. The lowest BCUT2D eigenvalue weighted by molar-refractivity contribution is -0.313. The summed E-state index contributed by atoms with van der Waals surface area (Å²) in [4.78, 5) is 55.5. The summed E-state index contributed by atoms with van der Waals surface area (Å²) in [5.74, 6) is -6.04. The van der Waals surface area contributed by atoms with Gasteiger partial charge in [0.2, 0.25) is 3.79 Å². The molecule has 0 aliphatic carbocycles. The van der Waals surface area contributed by atoms with E-state index in [1.54, 1.807) is 27.7 Å². The molecule has 8 unspecified atom stereocenters. The Bertz CT molecular complexity index is 1500. The number of carbonyl (C=O) groups excluding carboxylic acids is 4. The van der Waals surface area contributed by atoms with E-state index in [0.29, 0.717) is 12.8 Å². The third-order valence-electron chi connectivity index (χ3n) is 12.3. The first-order valence-corrected chi connectivity index (χ1v) is 22.4. The van der Waals surface area contributed by atoms with E-state index in [1.807, 2.05) is 32.8 Å². The maximum Gasteiger partial charge on any atom is 0.508 e. The topological polar surface area (TPSA) is 215 Å². The number of ketones is 1. The van der Waals surface area contributed by atoms with Crippen molar-refractivity contribution in [2.24, 2.45) is 23.7 Å². The van der Waals surface area contributed by atoms with Crippen molar-refractivity contribution in [1.82, 2.24) is 4.90 Å². The molecule has 3 N–H and O–H groups in total. The molecule has 360 valence electrons. The maximum atomic E-state index is 14.4. The molecule has 62 heavy (non-hydrogen) atoms. The number of hydrogen-bond acceptors (Lipinski definition) is 17. The molecule has 0 aromatic rings. The largest absolute Gasteiger partial charge is 0.508 e. The standard InChI is InChI=1S/C42H70Cl3NO16/c1-14-15-29-41(10,53)35(49)22(4)31(48)20(2)18-40(9,52)36(62-38-34(58-26(8)47)27(46(11)12)16-21(3)56-38)23(5)32(24(6)37(50)59-29)60-30-17-28(54-13)33(25(7)57-30)61-39(51)55-19-42(43,44)45/h20-25,27-30,32-36,38,49,52-53H,14-19H2,1-13H3/t20-,21?,22+,23+,24-,25?,27?,28?,29-,30?,32+,33?,34?,35-,36-,38?,40-,41-/m1/s1. The van der Waals surface area contributed by atoms with Crippen LogP contribution < -0.4 is 0 Å². The maximum absolute atomic E-state index is 14.4. The van der Waals surface area contributed by atoms with E-state index in [4.69, 9.17) is 77.4 Å². The summed E-state index contributed by atoms with van der Waals surface area (Å²) in [6.45, 7) is 15.1. The summed E-state index contributed by atoms with van der Waals surface area (Å²) < 4.78 is 52.3. The minimum Gasteiger partial charge on any atom is -0.459 e. The van der Waals surface area contributed by atoms with E-state index in [-0.39, 0.29) is 31.4 Å². The normalized spacial score (nSPS) is 41.8. The van der Waals surface area contributed by atoms with E-state index in [2.05, 4.69) is 0 Å². The van der Waals surface area contributed by atoms with Gasteiger partial charge < -0.3 is 62.9 Å². The second-order valence-corrected chi connectivity index (χ2v) is 20.5. The predicted molar refractivity (Wildman–Crippen MR) is 226 cm³/mol. The van der Waals surface area contributed by atoms with Gasteiger partial charge in [-0.3, -0.25) is 14.4 Å². The molecule has 3 aliphatic heterocycles. The second kappa shape index (κ2) is 22.7. The van der Waals surface area contributed by atoms with Crippen LogP contribution in [0, 0.1) is 23.7 Å². The number of hydrogen-bond donors (Lipinski definition) is 3. The smallest absolute Gasteiger partial charge is 0.459 e. The van der Waals surface area contributed by atoms with Gasteiger partial charge in [0.05, 0.1) is 48.1 Å². The van der Waals surface area contributed by atoms with Crippen molar-refractivity contribution in [3.63, 3.8) is 0 Å². The molecular weight excluding hydrogens is 881 g/mol. The van der Waals surface area contributed by atoms with Gasteiger partial charge in [-0.2, -0.15) is 0 Å². The molecule has 0 saturated carbocycles. The van der Waals surface area contributed by atoms with Crippen LogP contribution in [0.1, 0.15) is 101 Å². The fourth-order valence-electron chi connectivity index (χ4n) is 9.01. The zero-order chi connectivity index (χ0) is 47.2. The lowest BCUT2D eigenvalue weighted by atomic mass is 9.74. The first kappa shape index (κ1) is 54.7. The highest BCUT2D eigenvalue weighted by Crippen LogP contribution is 2.40. The number of aliphatic hydroxyl groups is 3. The third kappa shape index (κ3) is 14.2. The van der Waals surface area contributed by atoms with E-state index in [9.17, 15) is 34.5 Å². The van der Waals surface area contributed by atoms with Crippen LogP contribution in [0.15, 0.2) is 0 Å². The summed E-state index contributed by atoms with van der Waals surface area (Å²) in [5, 5.41) is 36.0. The molecule has 0 aromatic heterocycles. The highest BCUT2D eigenvalue weighted by Gasteiger charge is 2.53. The number of likely N-dealkylation sites (N-methyl/N-ethyl adjacent to an activating group) is 1. The van der Waals surface area contributed by atoms with Crippen molar-refractivity contribution >= 4 is 58.7 Å². The molecule has 3 aliphatic rings. The summed E-state index contributed by atoms with van der Waals surface area (Å²) in [6.07, 6.45) is -12.2. The molecule has 3 rings (SSSR count). The van der Waals surface area contributed by atoms with Crippen molar-refractivity contribution < 1.29 is 77.1 Å². The molecule has 17 nitrogen and oxygen atoms in total. The molecule has 0 bridgehead atoms. The Morgan fingerprint density at radius 3 is 2.10 bits per heavy atom. The van der Waals surface area contributed by atoms with Crippen LogP contribution in [0.5, 0.6) is 0 Å². The number of halogens is 3. The minimum atomic E-state index is -2.06. The predicted octanol–water partition coefficient (Wildman–Crippen LogP) is 4.89. The lowest BCUT2D eigenvalue weighted by Crippen LogP contribution is -2.61. The third-order valence-corrected chi connectivity index (χ3v) is 12.6. The van der Waals surface area contributed by atoms with Gasteiger partial charge in [-0.15, -0.1) is 0 Å². The van der Waals surface area contributed by atoms with Crippen molar-refractivity contribution in [3.05, 3.63) is 0 Å². The average molecular weight is 951 g/mol.